The van der Waals surface area contributed by atoms with Crippen molar-refractivity contribution in [2.45, 2.75) is 83.8 Å². The van der Waals surface area contributed by atoms with Gasteiger partial charge in [-0.3, -0.25) is 0 Å². The quantitative estimate of drug-likeness (QED) is 0.807. The van der Waals surface area contributed by atoms with Gasteiger partial charge < -0.3 is 10.1 Å². The fraction of sp³-hybridized carbons (Fsp3) is 0.933. The van der Waals surface area contributed by atoms with E-state index in [1.165, 1.54) is 25.7 Å². The first-order chi connectivity index (χ1) is 8.28. The second kappa shape index (κ2) is 4.43. The first-order valence-corrected chi connectivity index (χ1v) is 7.29. The molecule has 1 amide bonds. The van der Waals surface area contributed by atoms with Crippen LogP contribution in [0.25, 0.3) is 0 Å². The van der Waals surface area contributed by atoms with Crippen LogP contribution in [0.2, 0.25) is 0 Å². The first-order valence-electron chi connectivity index (χ1n) is 7.29. The van der Waals surface area contributed by atoms with E-state index in [-0.39, 0.29) is 11.6 Å². The molecule has 0 aromatic heterocycles. The third kappa shape index (κ3) is 2.81. The standard InChI is InChI=1S/C15H27NO2/c1-5-14-6-9-15(10-7-14,11-8-14)16-12(17)18-13(2,3)4/h5-11H2,1-4H3,(H,16,17). The molecule has 0 heterocycles. The average molecular weight is 253 g/mol. The third-order valence-corrected chi connectivity index (χ3v) is 4.92. The van der Waals surface area contributed by atoms with E-state index < -0.39 is 5.60 Å². The van der Waals surface area contributed by atoms with Gasteiger partial charge >= 0.3 is 6.09 Å². The van der Waals surface area contributed by atoms with E-state index in [0.29, 0.717) is 5.41 Å². The highest BCUT2D eigenvalue weighted by Gasteiger charge is 2.48. The molecular weight excluding hydrogens is 226 g/mol. The van der Waals surface area contributed by atoms with Gasteiger partial charge in [0.1, 0.15) is 5.60 Å². The minimum Gasteiger partial charge on any atom is -0.444 e. The summed E-state index contributed by atoms with van der Waals surface area (Å²) >= 11 is 0. The monoisotopic (exact) mass is 253 g/mol. The smallest absolute Gasteiger partial charge is 0.408 e. The van der Waals surface area contributed by atoms with Crippen molar-refractivity contribution in [2.24, 2.45) is 5.41 Å². The Labute approximate surface area is 111 Å². The average Bonchev–Trinajstić information content (AvgIpc) is 2.28. The van der Waals surface area contributed by atoms with Crippen LogP contribution >= 0.6 is 0 Å². The maximum absolute atomic E-state index is 11.9. The van der Waals surface area contributed by atoms with E-state index in [0.717, 1.165) is 19.3 Å². The number of hydrogen-bond donors (Lipinski definition) is 1. The summed E-state index contributed by atoms with van der Waals surface area (Å²) in [6, 6.07) is 0. The Balaban J connectivity index is 1.93. The van der Waals surface area contributed by atoms with Gasteiger partial charge in [0.2, 0.25) is 0 Å². The summed E-state index contributed by atoms with van der Waals surface area (Å²) in [5, 5.41) is 3.16. The van der Waals surface area contributed by atoms with Crippen LogP contribution in [-0.4, -0.2) is 17.2 Å². The van der Waals surface area contributed by atoms with Gasteiger partial charge in [-0.1, -0.05) is 13.3 Å². The molecule has 104 valence electrons. The number of carbonyl (C=O) groups is 1. The lowest BCUT2D eigenvalue weighted by Crippen LogP contribution is -2.57. The molecule has 0 spiro atoms. The molecule has 0 aromatic carbocycles. The summed E-state index contributed by atoms with van der Waals surface area (Å²) < 4.78 is 5.39. The highest BCUT2D eigenvalue weighted by atomic mass is 16.6. The van der Waals surface area contributed by atoms with Crippen LogP contribution in [0.5, 0.6) is 0 Å². The zero-order valence-corrected chi connectivity index (χ0v) is 12.3. The van der Waals surface area contributed by atoms with Crippen molar-refractivity contribution in [1.29, 1.82) is 0 Å². The summed E-state index contributed by atoms with van der Waals surface area (Å²) in [6.45, 7) is 8.04. The van der Waals surface area contributed by atoms with Crippen molar-refractivity contribution >= 4 is 6.09 Å². The highest BCUT2D eigenvalue weighted by Crippen LogP contribution is 2.53. The molecule has 0 aromatic rings. The second-order valence-electron chi connectivity index (χ2n) is 7.26. The maximum Gasteiger partial charge on any atom is 0.408 e. The molecule has 0 atom stereocenters. The minimum atomic E-state index is -0.406. The molecule has 3 heteroatoms. The molecule has 0 radical (unpaired) electrons. The zero-order chi connectivity index (χ0) is 13.4. The van der Waals surface area contributed by atoms with E-state index in [1.54, 1.807) is 0 Å². The van der Waals surface area contributed by atoms with E-state index in [9.17, 15) is 4.79 Å². The van der Waals surface area contributed by atoms with Gasteiger partial charge in [-0.15, -0.1) is 0 Å². The Morgan fingerprint density at radius 3 is 2.00 bits per heavy atom. The topological polar surface area (TPSA) is 38.3 Å². The fourth-order valence-corrected chi connectivity index (χ4v) is 3.50. The molecule has 3 rings (SSSR count). The van der Waals surface area contributed by atoms with Gasteiger partial charge in [0.05, 0.1) is 0 Å². The van der Waals surface area contributed by atoms with Crippen LogP contribution in [-0.2, 0) is 4.74 Å². The lowest BCUT2D eigenvalue weighted by Gasteiger charge is -2.53. The highest BCUT2D eigenvalue weighted by molar-refractivity contribution is 5.68. The molecular formula is C15H27NO2. The van der Waals surface area contributed by atoms with Crippen molar-refractivity contribution < 1.29 is 9.53 Å². The number of ether oxygens (including phenoxy) is 1. The SMILES string of the molecule is CCC12CCC(NC(=O)OC(C)(C)C)(CC1)CC2. The summed E-state index contributed by atoms with van der Waals surface area (Å²) in [6.07, 6.45) is 8.21. The molecule has 18 heavy (non-hydrogen) atoms. The molecule has 1 N–H and O–H groups in total. The molecule has 0 aliphatic heterocycles. The first kappa shape index (κ1) is 13.7. The number of carbonyl (C=O) groups excluding carboxylic acids is 1. The number of hydrogen-bond acceptors (Lipinski definition) is 2. The van der Waals surface area contributed by atoms with Crippen LogP contribution in [0.15, 0.2) is 0 Å². The number of alkyl carbamates (subject to hydrolysis) is 1. The van der Waals surface area contributed by atoms with Crippen molar-refractivity contribution in [3.05, 3.63) is 0 Å². The molecule has 3 saturated carbocycles. The van der Waals surface area contributed by atoms with Crippen molar-refractivity contribution in [1.82, 2.24) is 5.32 Å². The molecule has 3 aliphatic rings. The Morgan fingerprint density at radius 2 is 1.61 bits per heavy atom. The number of fused-ring (bicyclic) bond motifs is 3. The van der Waals surface area contributed by atoms with E-state index in [4.69, 9.17) is 4.74 Å². The summed E-state index contributed by atoms with van der Waals surface area (Å²) in [4.78, 5) is 11.9. The predicted octanol–water partition coefficient (Wildman–Crippen LogP) is 4.01. The Bertz CT molecular complexity index is 305. The summed E-state index contributed by atoms with van der Waals surface area (Å²) in [5.74, 6) is 0. The fourth-order valence-electron chi connectivity index (χ4n) is 3.50. The Morgan fingerprint density at radius 1 is 1.11 bits per heavy atom. The molecule has 2 bridgehead atoms. The van der Waals surface area contributed by atoms with Gasteiger partial charge in [-0.25, -0.2) is 4.79 Å². The van der Waals surface area contributed by atoms with Gasteiger partial charge in [0.25, 0.3) is 0 Å². The van der Waals surface area contributed by atoms with Crippen molar-refractivity contribution in [3.8, 4) is 0 Å². The maximum atomic E-state index is 11.9. The number of nitrogens with one attached hydrogen (secondary N) is 1. The van der Waals surface area contributed by atoms with E-state index >= 15 is 0 Å². The van der Waals surface area contributed by atoms with Gasteiger partial charge in [-0.05, 0) is 64.7 Å². The lowest BCUT2D eigenvalue weighted by atomic mass is 9.56. The van der Waals surface area contributed by atoms with Crippen LogP contribution in [0.4, 0.5) is 4.79 Å². The molecule has 0 saturated heterocycles. The lowest BCUT2D eigenvalue weighted by molar-refractivity contribution is 0.00287. The Hall–Kier alpha value is -0.730. The third-order valence-electron chi connectivity index (χ3n) is 4.92. The van der Waals surface area contributed by atoms with Crippen LogP contribution in [0.1, 0.15) is 72.6 Å². The van der Waals surface area contributed by atoms with E-state index in [2.05, 4.69) is 12.2 Å². The normalized spacial score (nSPS) is 35.3. The van der Waals surface area contributed by atoms with Crippen LogP contribution < -0.4 is 5.32 Å². The van der Waals surface area contributed by atoms with Crippen molar-refractivity contribution in [2.75, 3.05) is 0 Å². The van der Waals surface area contributed by atoms with Gasteiger partial charge in [-0.2, -0.15) is 0 Å². The number of rotatable bonds is 2. The predicted molar refractivity (Wildman–Crippen MR) is 72.5 cm³/mol. The zero-order valence-electron chi connectivity index (χ0n) is 12.3. The molecule has 3 aliphatic carbocycles. The largest absolute Gasteiger partial charge is 0.444 e. The van der Waals surface area contributed by atoms with Crippen molar-refractivity contribution in [3.63, 3.8) is 0 Å². The molecule has 0 unspecified atom stereocenters. The van der Waals surface area contributed by atoms with Crippen LogP contribution in [0.3, 0.4) is 0 Å². The Kier molecular flexibility index (Phi) is 3.37. The van der Waals surface area contributed by atoms with Crippen LogP contribution in [0, 0.1) is 5.41 Å². The minimum absolute atomic E-state index is 0.0270. The second-order valence-corrected chi connectivity index (χ2v) is 7.26. The number of amides is 1. The van der Waals surface area contributed by atoms with Gasteiger partial charge in [0.15, 0.2) is 0 Å². The summed E-state index contributed by atoms with van der Waals surface area (Å²) in [7, 11) is 0. The molecule has 3 fully saturated rings. The van der Waals surface area contributed by atoms with Gasteiger partial charge in [0, 0.05) is 5.54 Å². The molecule has 3 nitrogen and oxygen atoms in total. The van der Waals surface area contributed by atoms with E-state index in [1.807, 2.05) is 20.8 Å². The summed E-state index contributed by atoms with van der Waals surface area (Å²) in [5.41, 5.74) is 0.202.